The van der Waals surface area contributed by atoms with Crippen molar-refractivity contribution in [3.63, 3.8) is 0 Å². The molecule has 1 N–H and O–H groups in total. The monoisotopic (exact) mass is 352 g/mol. The molecule has 0 saturated carbocycles. The zero-order valence-corrected chi connectivity index (χ0v) is 15.1. The quantitative estimate of drug-likeness (QED) is 0.768. The standard InChI is InChI=1S/C19H20N4OS/c1-12(2)10-23-18-15(9-20-23)14(8-17(24)22-18)16-11-25-19(21-16)13-6-4-3-5-7-13/h3-7,9,11-12,14H,8,10H2,1-2H3,(H,22,24). The molecular formula is C19H20N4OS. The van der Waals surface area contributed by atoms with Gasteiger partial charge >= 0.3 is 0 Å². The topological polar surface area (TPSA) is 59.8 Å². The van der Waals surface area contributed by atoms with Crippen LogP contribution in [0.4, 0.5) is 5.82 Å². The van der Waals surface area contributed by atoms with Gasteiger partial charge in [0.25, 0.3) is 0 Å². The lowest BCUT2D eigenvalue weighted by molar-refractivity contribution is -0.116. The summed E-state index contributed by atoms with van der Waals surface area (Å²) >= 11 is 1.62. The number of thiazole rings is 1. The van der Waals surface area contributed by atoms with Gasteiger partial charge in [-0.3, -0.25) is 4.79 Å². The number of nitrogens with zero attached hydrogens (tertiary/aromatic N) is 3. The van der Waals surface area contributed by atoms with Crippen LogP contribution >= 0.6 is 11.3 Å². The van der Waals surface area contributed by atoms with E-state index in [1.165, 1.54) is 0 Å². The highest BCUT2D eigenvalue weighted by atomic mass is 32.1. The summed E-state index contributed by atoms with van der Waals surface area (Å²) in [5, 5.41) is 10.5. The van der Waals surface area contributed by atoms with E-state index in [0.717, 1.165) is 34.2 Å². The Hall–Kier alpha value is -2.47. The van der Waals surface area contributed by atoms with Crippen molar-refractivity contribution in [2.24, 2.45) is 5.92 Å². The van der Waals surface area contributed by atoms with E-state index in [9.17, 15) is 4.79 Å². The molecule has 128 valence electrons. The highest BCUT2D eigenvalue weighted by Crippen LogP contribution is 2.38. The highest BCUT2D eigenvalue weighted by Gasteiger charge is 2.31. The summed E-state index contributed by atoms with van der Waals surface area (Å²) in [6.45, 7) is 5.07. The van der Waals surface area contributed by atoms with Crippen molar-refractivity contribution in [2.75, 3.05) is 5.32 Å². The molecule has 1 amide bonds. The van der Waals surface area contributed by atoms with Gasteiger partial charge in [0.05, 0.1) is 11.9 Å². The van der Waals surface area contributed by atoms with E-state index in [4.69, 9.17) is 4.98 Å². The second kappa shape index (κ2) is 6.44. The number of hydrogen-bond acceptors (Lipinski definition) is 4. The minimum absolute atomic E-state index is 0.0252. The third-order valence-corrected chi connectivity index (χ3v) is 5.24. The molecule has 0 bridgehead atoms. The Morgan fingerprint density at radius 1 is 1.32 bits per heavy atom. The predicted octanol–water partition coefficient (Wildman–Crippen LogP) is 4.14. The lowest BCUT2D eigenvalue weighted by Crippen LogP contribution is -2.25. The smallest absolute Gasteiger partial charge is 0.226 e. The van der Waals surface area contributed by atoms with Crippen molar-refractivity contribution in [3.8, 4) is 10.6 Å². The van der Waals surface area contributed by atoms with Gasteiger partial charge in [-0.2, -0.15) is 5.10 Å². The van der Waals surface area contributed by atoms with Gasteiger partial charge in [0.15, 0.2) is 0 Å². The summed E-state index contributed by atoms with van der Waals surface area (Å²) in [7, 11) is 0. The van der Waals surface area contributed by atoms with Crippen molar-refractivity contribution in [3.05, 3.63) is 53.2 Å². The van der Waals surface area contributed by atoms with E-state index < -0.39 is 0 Å². The number of carbonyl (C=O) groups excluding carboxylic acids is 1. The van der Waals surface area contributed by atoms with E-state index in [2.05, 4.69) is 41.8 Å². The molecule has 0 fully saturated rings. The number of carbonyl (C=O) groups is 1. The summed E-state index contributed by atoms with van der Waals surface area (Å²) in [4.78, 5) is 17.1. The van der Waals surface area contributed by atoms with Crippen LogP contribution in [0.1, 0.15) is 37.4 Å². The Bertz CT molecular complexity index is 897. The van der Waals surface area contributed by atoms with Gasteiger partial charge in [-0.15, -0.1) is 11.3 Å². The molecule has 1 unspecified atom stereocenters. The molecule has 3 heterocycles. The summed E-state index contributed by atoms with van der Waals surface area (Å²) in [6, 6.07) is 10.1. The van der Waals surface area contributed by atoms with E-state index in [1.807, 2.05) is 29.1 Å². The number of aromatic nitrogens is 3. The minimum Gasteiger partial charge on any atom is -0.311 e. The first kappa shape index (κ1) is 16.0. The van der Waals surface area contributed by atoms with Gasteiger partial charge in [0, 0.05) is 35.4 Å². The third-order valence-electron chi connectivity index (χ3n) is 4.33. The maximum Gasteiger partial charge on any atom is 0.226 e. The second-order valence-corrected chi connectivity index (χ2v) is 7.63. The lowest BCUT2D eigenvalue weighted by atomic mass is 9.92. The zero-order valence-electron chi connectivity index (χ0n) is 14.3. The molecule has 0 radical (unpaired) electrons. The lowest BCUT2D eigenvalue weighted by Gasteiger charge is -2.22. The Balaban J connectivity index is 1.69. The minimum atomic E-state index is -0.0293. The molecule has 6 heteroatoms. The normalized spacial score (nSPS) is 16.8. The van der Waals surface area contributed by atoms with Crippen LogP contribution in [0.2, 0.25) is 0 Å². The first-order valence-corrected chi connectivity index (χ1v) is 9.36. The van der Waals surface area contributed by atoms with Crippen LogP contribution in [-0.4, -0.2) is 20.7 Å². The molecule has 0 aliphatic carbocycles. The van der Waals surface area contributed by atoms with Crippen LogP contribution in [0.3, 0.4) is 0 Å². The Morgan fingerprint density at radius 2 is 2.12 bits per heavy atom. The Morgan fingerprint density at radius 3 is 2.88 bits per heavy atom. The van der Waals surface area contributed by atoms with Crippen LogP contribution in [0.15, 0.2) is 41.9 Å². The molecule has 5 nitrogen and oxygen atoms in total. The number of benzene rings is 1. The summed E-state index contributed by atoms with van der Waals surface area (Å²) < 4.78 is 1.90. The third kappa shape index (κ3) is 3.09. The SMILES string of the molecule is CC(C)Cn1ncc2c1NC(=O)CC2c1csc(-c2ccccc2)n1. The van der Waals surface area contributed by atoms with E-state index in [0.29, 0.717) is 12.3 Å². The molecule has 1 aliphatic rings. The number of anilines is 1. The average molecular weight is 352 g/mol. The predicted molar refractivity (Wildman–Crippen MR) is 99.7 cm³/mol. The maximum absolute atomic E-state index is 12.2. The first-order valence-electron chi connectivity index (χ1n) is 8.48. The number of fused-ring (bicyclic) bond motifs is 1. The fourth-order valence-corrected chi connectivity index (χ4v) is 4.06. The van der Waals surface area contributed by atoms with Crippen molar-refractivity contribution in [2.45, 2.75) is 32.7 Å². The molecule has 1 aromatic carbocycles. The van der Waals surface area contributed by atoms with Crippen molar-refractivity contribution < 1.29 is 4.79 Å². The van der Waals surface area contributed by atoms with Gasteiger partial charge in [-0.05, 0) is 5.92 Å². The Labute approximate surface area is 150 Å². The number of amides is 1. The molecule has 1 aliphatic heterocycles. The van der Waals surface area contributed by atoms with Gasteiger partial charge in [0.1, 0.15) is 10.8 Å². The number of rotatable bonds is 4. The van der Waals surface area contributed by atoms with Crippen molar-refractivity contribution in [1.82, 2.24) is 14.8 Å². The fourth-order valence-electron chi connectivity index (χ4n) is 3.18. The number of nitrogens with one attached hydrogen (secondary N) is 1. The zero-order chi connectivity index (χ0) is 17.4. The molecule has 0 spiro atoms. The van der Waals surface area contributed by atoms with Crippen LogP contribution in [0, 0.1) is 5.92 Å². The van der Waals surface area contributed by atoms with Gasteiger partial charge in [0.2, 0.25) is 5.91 Å². The van der Waals surface area contributed by atoms with E-state index in [-0.39, 0.29) is 11.8 Å². The van der Waals surface area contributed by atoms with Crippen LogP contribution in [-0.2, 0) is 11.3 Å². The molecule has 1 atom stereocenters. The highest BCUT2D eigenvalue weighted by molar-refractivity contribution is 7.13. The van der Waals surface area contributed by atoms with Crippen LogP contribution in [0.5, 0.6) is 0 Å². The largest absolute Gasteiger partial charge is 0.311 e. The summed E-state index contributed by atoms with van der Waals surface area (Å²) in [6.07, 6.45) is 2.29. The van der Waals surface area contributed by atoms with E-state index in [1.54, 1.807) is 11.3 Å². The summed E-state index contributed by atoms with van der Waals surface area (Å²) in [5.74, 6) is 1.28. The number of hydrogen-bond donors (Lipinski definition) is 1. The first-order chi connectivity index (χ1) is 12.1. The molecule has 0 saturated heterocycles. The fraction of sp³-hybridized carbons (Fsp3) is 0.316. The van der Waals surface area contributed by atoms with Crippen molar-refractivity contribution in [1.29, 1.82) is 0 Å². The van der Waals surface area contributed by atoms with E-state index >= 15 is 0 Å². The Kier molecular flexibility index (Phi) is 4.13. The maximum atomic E-state index is 12.2. The van der Waals surface area contributed by atoms with Gasteiger partial charge in [-0.25, -0.2) is 9.67 Å². The van der Waals surface area contributed by atoms with Crippen molar-refractivity contribution >= 4 is 23.1 Å². The molecule has 25 heavy (non-hydrogen) atoms. The van der Waals surface area contributed by atoms with Gasteiger partial charge < -0.3 is 5.32 Å². The molecular weight excluding hydrogens is 332 g/mol. The van der Waals surface area contributed by atoms with Gasteiger partial charge in [-0.1, -0.05) is 44.2 Å². The van der Waals surface area contributed by atoms with Crippen LogP contribution in [0.25, 0.3) is 10.6 Å². The molecule has 3 aromatic rings. The second-order valence-electron chi connectivity index (χ2n) is 6.77. The average Bonchev–Trinajstić information content (AvgIpc) is 3.23. The summed E-state index contributed by atoms with van der Waals surface area (Å²) in [5.41, 5.74) is 3.11. The van der Waals surface area contributed by atoms with Crippen LogP contribution < -0.4 is 5.32 Å². The molecule has 2 aromatic heterocycles. The molecule has 4 rings (SSSR count).